The summed E-state index contributed by atoms with van der Waals surface area (Å²) in [6.45, 7) is 0. The normalized spacial score (nSPS) is 11.8. The zero-order valence-electron chi connectivity index (χ0n) is 10.5. The van der Waals surface area contributed by atoms with E-state index in [1.807, 2.05) is 0 Å². The molecular formula is C13H9F3N4S. The number of nitrogens with two attached hydrogens (primary N) is 1. The molecule has 0 saturated carbocycles. The van der Waals surface area contributed by atoms with Crippen LogP contribution in [0.25, 0.3) is 21.8 Å². The number of H-pyrrole nitrogens is 1. The van der Waals surface area contributed by atoms with Gasteiger partial charge in [-0.05, 0) is 12.1 Å². The molecule has 0 atom stereocenters. The second-order valence-corrected chi connectivity index (χ2v) is 5.17. The van der Waals surface area contributed by atoms with Crippen LogP contribution in [-0.2, 0) is 6.18 Å². The Kier molecular flexibility index (Phi) is 3.17. The number of halogens is 3. The van der Waals surface area contributed by atoms with E-state index in [-0.39, 0.29) is 0 Å². The lowest BCUT2D eigenvalue weighted by atomic mass is 10.1. The molecule has 0 saturated heterocycles. The second-order valence-electron chi connectivity index (χ2n) is 4.31. The van der Waals surface area contributed by atoms with Gasteiger partial charge in [-0.3, -0.25) is 5.10 Å². The number of nitrogens with zero attached hydrogens (tertiary/aromatic N) is 2. The molecule has 2 aromatic heterocycles. The highest BCUT2D eigenvalue weighted by Crippen LogP contribution is 2.34. The highest BCUT2D eigenvalue weighted by atomic mass is 32.1. The van der Waals surface area contributed by atoms with Crippen molar-refractivity contribution in [1.29, 1.82) is 0 Å². The Labute approximate surface area is 121 Å². The fraction of sp³-hybridized carbons (Fsp3) is 0.0769. The summed E-state index contributed by atoms with van der Waals surface area (Å²) in [7, 11) is 0. The zero-order chi connectivity index (χ0) is 15.0. The molecule has 0 aliphatic rings. The summed E-state index contributed by atoms with van der Waals surface area (Å²) in [5, 5.41) is 8.68. The van der Waals surface area contributed by atoms with Gasteiger partial charge in [-0.2, -0.15) is 18.3 Å². The predicted molar refractivity (Wildman–Crippen MR) is 74.5 cm³/mol. The Morgan fingerprint density at radius 2 is 2.05 bits per heavy atom. The molecule has 1 aromatic carbocycles. The number of nitrogens with one attached hydrogen (secondary N) is 1. The number of thiazole rings is 1. The third-order valence-corrected chi connectivity index (χ3v) is 3.76. The number of alkyl halides is 3. The molecule has 8 heteroatoms. The SMILES string of the molecule is Nc1[nH]ncc1-c1nc(-c2cccc(C(F)(F)F)c2)cs1. The van der Waals surface area contributed by atoms with Crippen LogP contribution < -0.4 is 5.73 Å². The molecule has 2 heterocycles. The first kappa shape index (κ1) is 13.6. The number of benzene rings is 1. The minimum absolute atomic E-state index is 0.375. The number of rotatable bonds is 2. The molecule has 0 unspecified atom stereocenters. The van der Waals surface area contributed by atoms with Crippen LogP contribution in [0.4, 0.5) is 19.0 Å². The van der Waals surface area contributed by atoms with Crippen molar-refractivity contribution in [2.75, 3.05) is 5.73 Å². The Bertz CT molecular complexity index is 776. The molecule has 0 fully saturated rings. The van der Waals surface area contributed by atoms with E-state index in [4.69, 9.17) is 5.73 Å². The minimum atomic E-state index is -4.37. The van der Waals surface area contributed by atoms with Crippen molar-refractivity contribution >= 4 is 17.2 Å². The first-order chi connectivity index (χ1) is 9.95. The lowest BCUT2D eigenvalue weighted by molar-refractivity contribution is -0.137. The molecule has 108 valence electrons. The van der Waals surface area contributed by atoms with Crippen LogP contribution in [0.1, 0.15) is 5.56 Å². The third-order valence-electron chi connectivity index (χ3n) is 2.89. The average molecular weight is 310 g/mol. The number of aromatic nitrogens is 3. The molecule has 0 amide bonds. The maximum absolute atomic E-state index is 12.7. The van der Waals surface area contributed by atoms with Crippen molar-refractivity contribution in [1.82, 2.24) is 15.2 Å². The molecular weight excluding hydrogens is 301 g/mol. The molecule has 0 radical (unpaired) electrons. The topological polar surface area (TPSA) is 67.6 Å². The number of hydrogen-bond donors (Lipinski definition) is 2. The van der Waals surface area contributed by atoms with Crippen LogP contribution in [0.15, 0.2) is 35.8 Å². The molecule has 21 heavy (non-hydrogen) atoms. The van der Waals surface area contributed by atoms with Gasteiger partial charge in [-0.15, -0.1) is 11.3 Å². The second kappa shape index (κ2) is 4.88. The molecule has 0 bridgehead atoms. The summed E-state index contributed by atoms with van der Waals surface area (Å²) in [4.78, 5) is 4.32. The summed E-state index contributed by atoms with van der Waals surface area (Å²) in [5.41, 5.74) is 6.53. The first-order valence-corrected chi connectivity index (χ1v) is 6.75. The third kappa shape index (κ3) is 2.62. The van der Waals surface area contributed by atoms with Crippen molar-refractivity contribution in [2.45, 2.75) is 6.18 Å². The summed E-state index contributed by atoms with van der Waals surface area (Å²) < 4.78 is 38.2. The smallest absolute Gasteiger partial charge is 0.383 e. The minimum Gasteiger partial charge on any atom is -0.383 e. The van der Waals surface area contributed by atoms with Gasteiger partial charge in [0.15, 0.2) is 0 Å². The molecule has 3 aromatic rings. The van der Waals surface area contributed by atoms with Crippen LogP contribution in [-0.4, -0.2) is 15.2 Å². The average Bonchev–Trinajstić information content (AvgIpc) is 3.06. The van der Waals surface area contributed by atoms with Crippen molar-refractivity contribution in [3.8, 4) is 21.8 Å². The highest BCUT2D eigenvalue weighted by Gasteiger charge is 2.30. The molecule has 3 N–H and O–H groups in total. The summed E-state index contributed by atoms with van der Waals surface area (Å²) in [6.07, 6.45) is -2.84. The maximum atomic E-state index is 12.7. The molecule has 0 spiro atoms. The van der Waals surface area contributed by atoms with Gasteiger partial charge in [-0.1, -0.05) is 12.1 Å². The maximum Gasteiger partial charge on any atom is 0.416 e. The van der Waals surface area contributed by atoms with Crippen LogP contribution in [0.3, 0.4) is 0 Å². The molecule has 0 aliphatic carbocycles. The van der Waals surface area contributed by atoms with E-state index in [9.17, 15) is 13.2 Å². The van der Waals surface area contributed by atoms with Crippen LogP contribution in [0.5, 0.6) is 0 Å². The van der Waals surface area contributed by atoms with Gasteiger partial charge in [0.05, 0.1) is 23.0 Å². The molecule has 4 nitrogen and oxygen atoms in total. The standard InChI is InChI=1S/C13H9F3N4S/c14-13(15,16)8-3-1-2-7(4-8)10-6-21-12(19-10)9-5-18-20-11(9)17/h1-6H,(H3,17,18,20). The molecule has 3 rings (SSSR count). The quantitative estimate of drug-likeness (QED) is 0.756. The van der Waals surface area contributed by atoms with Crippen molar-refractivity contribution in [3.05, 3.63) is 41.4 Å². The first-order valence-electron chi connectivity index (χ1n) is 5.87. The highest BCUT2D eigenvalue weighted by molar-refractivity contribution is 7.13. The Hall–Kier alpha value is -2.35. The lowest BCUT2D eigenvalue weighted by Gasteiger charge is -2.07. The Balaban J connectivity index is 1.99. The van der Waals surface area contributed by atoms with Crippen LogP contribution in [0, 0.1) is 0 Å². The fourth-order valence-electron chi connectivity index (χ4n) is 1.85. The van der Waals surface area contributed by atoms with Crippen molar-refractivity contribution in [3.63, 3.8) is 0 Å². The van der Waals surface area contributed by atoms with Gasteiger partial charge in [-0.25, -0.2) is 4.98 Å². The summed E-state index contributed by atoms with van der Waals surface area (Å²) >= 11 is 1.30. The summed E-state index contributed by atoms with van der Waals surface area (Å²) in [6, 6.07) is 5.07. The van der Waals surface area contributed by atoms with E-state index in [0.717, 1.165) is 12.1 Å². The van der Waals surface area contributed by atoms with E-state index in [1.54, 1.807) is 11.4 Å². The van der Waals surface area contributed by atoms with Gasteiger partial charge >= 0.3 is 6.18 Å². The lowest BCUT2D eigenvalue weighted by Crippen LogP contribution is -2.04. The number of anilines is 1. The van der Waals surface area contributed by atoms with Crippen molar-refractivity contribution in [2.24, 2.45) is 0 Å². The van der Waals surface area contributed by atoms with E-state index in [0.29, 0.717) is 27.6 Å². The van der Waals surface area contributed by atoms with E-state index in [1.165, 1.54) is 23.6 Å². The van der Waals surface area contributed by atoms with Gasteiger partial charge in [0.2, 0.25) is 0 Å². The van der Waals surface area contributed by atoms with E-state index >= 15 is 0 Å². The number of aromatic amines is 1. The predicted octanol–water partition coefficient (Wildman–Crippen LogP) is 3.80. The largest absolute Gasteiger partial charge is 0.416 e. The number of hydrogen-bond acceptors (Lipinski definition) is 4. The Morgan fingerprint density at radius 3 is 2.71 bits per heavy atom. The van der Waals surface area contributed by atoms with Gasteiger partial charge in [0.1, 0.15) is 10.8 Å². The zero-order valence-corrected chi connectivity index (χ0v) is 11.3. The van der Waals surface area contributed by atoms with Gasteiger partial charge < -0.3 is 5.73 Å². The monoisotopic (exact) mass is 310 g/mol. The van der Waals surface area contributed by atoms with Crippen LogP contribution in [0.2, 0.25) is 0 Å². The van der Waals surface area contributed by atoms with Crippen molar-refractivity contribution < 1.29 is 13.2 Å². The van der Waals surface area contributed by atoms with E-state index < -0.39 is 11.7 Å². The van der Waals surface area contributed by atoms with Gasteiger partial charge in [0, 0.05) is 10.9 Å². The van der Waals surface area contributed by atoms with Crippen LogP contribution >= 0.6 is 11.3 Å². The molecule has 0 aliphatic heterocycles. The number of nitrogen functional groups attached to an aromatic ring is 1. The van der Waals surface area contributed by atoms with Gasteiger partial charge in [0.25, 0.3) is 0 Å². The fourth-order valence-corrected chi connectivity index (χ4v) is 2.70. The Morgan fingerprint density at radius 1 is 1.24 bits per heavy atom. The van der Waals surface area contributed by atoms with E-state index in [2.05, 4.69) is 15.2 Å². The summed E-state index contributed by atoms with van der Waals surface area (Å²) in [5.74, 6) is 0.375.